The Bertz CT molecular complexity index is 4010. The summed E-state index contributed by atoms with van der Waals surface area (Å²) in [4.78, 5) is 4.87. The summed E-state index contributed by atoms with van der Waals surface area (Å²) in [5.41, 5.74) is 14.0. The van der Waals surface area contributed by atoms with Crippen molar-refractivity contribution in [3.8, 4) is 22.3 Å². The minimum Gasteiger partial charge on any atom is -0.309 e. The van der Waals surface area contributed by atoms with Gasteiger partial charge in [0, 0.05) is 44.3 Å². The molecule has 0 saturated heterocycles. The SMILES string of the molecule is C(=C\c1ccc2cc(N(c3ccccc3)c3c4ccccc4c(-c4ccccc4)c4ccccc34)ccc2c1)/c1ccc(N(c2ccccc2)c2c3ccccc3c(-c3ccccc3)c3ccccc23)cc1. The average molecular weight is 917 g/mol. The van der Waals surface area contributed by atoms with Crippen LogP contribution in [0.5, 0.6) is 0 Å². The maximum absolute atomic E-state index is 2.44. The first-order valence-electron chi connectivity index (χ1n) is 24.8. The Labute approximate surface area is 420 Å². The van der Waals surface area contributed by atoms with Gasteiger partial charge in [0.25, 0.3) is 0 Å². The van der Waals surface area contributed by atoms with E-state index in [4.69, 9.17) is 0 Å². The van der Waals surface area contributed by atoms with Crippen LogP contribution < -0.4 is 9.80 Å². The fourth-order valence-electron chi connectivity index (χ4n) is 10.9. The Morgan fingerprint density at radius 3 is 0.972 bits per heavy atom. The van der Waals surface area contributed by atoms with E-state index in [1.165, 1.54) is 87.5 Å². The van der Waals surface area contributed by atoms with Gasteiger partial charge in [0.15, 0.2) is 0 Å². The van der Waals surface area contributed by atoms with Crippen molar-refractivity contribution in [1.29, 1.82) is 0 Å². The molecule has 2 nitrogen and oxygen atoms in total. The number of hydrogen-bond donors (Lipinski definition) is 0. The van der Waals surface area contributed by atoms with E-state index in [9.17, 15) is 0 Å². The molecule has 0 aliphatic rings. The molecule has 0 amide bonds. The molecule has 0 bridgehead atoms. The summed E-state index contributed by atoms with van der Waals surface area (Å²) in [6.07, 6.45) is 4.45. The van der Waals surface area contributed by atoms with E-state index in [0.717, 1.165) is 33.9 Å². The van der Waals surface area contributed by atoms with Crippen molar-refractivity contribution in [3.63, 3.8) is 0 Å². The predicted octanol–water partition coefficient (Wildman–Crippen LogP) is 19.9. The van der Waals surface area contributed by atoms with Crippen molar-refractivity contribution >= 4 is 100 Å². The smallest absolute Gasteiger partial charge is 0.0618 e. The van der Waals surface area contributed by atoms with E-state index < -0.39 is 0 Å². The summed E-state index contributed by atoms with van der Waals surface area (Å²) in [7, 11) is 0. The lowest BCUT2D eigenvalue weighted by molar-refractivity contribution is 1.31. The van der Waals surface area contributed by atoms with E-state index in [0.29, 0.717) is 0 Å². The first-order valence-corrected chi connectivity index (χ1v) is 24.8. The van der Waals surface area contributed by atoms with Gasteiger partial charge in [0.05, 0.1) is 11.4 Å². The second kappa shape index (κ2) is 18.4. The van der Waals surface area contributed by atoms with Gasteiger partial charge in [-0.2, -0.15) is 0 Å². The summed E-state index contributed by atoms with van der Waals surface area (Å²) in [6.45, 7) is 0. The summed E-state index contributed by atoms with van der Waals surface area (Å²) in [5.74, 6) is 0. The standard InChI is InChI=1S/C70H48N2/c1-5-21-51(22-6-1)67-59-29-13-17-33-63(59)69(64-34-18-14-30-60(64)67)71(55-25-9-3-10-26-55)57-44-40-49(41-45-57)37-38-50-39-42-54-48-58(46-43-53(54)47-50)72(56-27-11-4-12-28-56)70-65-35-19-15-31-61(65)68(52-23-7-2-8-24-52)62-32-16-20-36-66(62)70/h1-48H/b38-37+. The molecule has 0 N–H and O–H groups in total. The molecule has 0 fully saturated rings. The molecule has 0 unspecified atom stereocenters. The third kappa shape index (κ3) is 7.63. The monoisotopic (exact) mass is 916 g/mol. The number of hydrogen-bond acceptors (Lipinski definition) is 2. The molecular formula is C70H48N2. The van der Waals surface area contributed by atoms with Gasteiger partial charge >= 0.3 is 0 Å². The molecule has 0 aromatic heterocycles. The van der Waals surface area contributed by atoms with Crippen LogP contribution in [0.25, 0.3) is 88.3 Å². The van der Waals surface area contributed by atoms with Crippen LogP contribution in [0.2, 0.25) is 0 Å². The Morgan fingerprint density at radius 1 is 0.222 bits per heavy atom. The highest BCUT2D eigenvalue weighted by Gasteiger charge is 2.24. The number of nitrogens with zero attached hydrogens (tertiary/aromatic N) is 2. The Morgan fingerprint density at radius 2 is 0.528 bits per heavy atom. The molecule has 13 aromatic carbocycles. The summed E-state index contributed by atoms with van der Waals surface area (Å²) < 4.78 is 0. The number of anilines is 6. The Kier molecular flexibility index (Phi) is 10.9. The van der Waals surface area contributed by atoms with E-state index in [-0.39, 0.29) is 0 Å². The Hall–Kier alpha value is -9.50. The van der Waals surface area contributed by atoms with E-state index in [2.05, 4.69) is 301 Å². The fourth-order valence-corrected chi connectivity index (χ4v) is 10.9. The molecule has 338 valence electrons. The van der Waals surface area contributed by atoms with Crippen LogP contribution >= 0.6 is 0 Å². The molecule has 72 heavy (non-hydrogen) atoms. The lowest BCUT2D eigenvalue weighted by Crippen LogP contribution is -2.11. The zero-order valence-corrected chi connectivity index (χ0v) is 39.6. The van der Waals surface area contributed by atoms with Gasteiger partial charge in [-0.25, -0.2) is 0 Å². The van der Waals surface area contributed by atoms with Crippen LogP contribution in [0.1, 0.15) is 11.1 Å². The maximum atomic E-state index is 2.44. The topological polar surface area (TPSA) is 6.48 Å². The van der Waals surface area contributed by atoms with Gasteiger partial charge in [-0.15, -0.1) is 0 Å². The van der Waals surface area contributed by atoms with Crippen molar-refractivity contribution in [2.24, 2.45) is 0 Å². The van der Waals surface area contributed by atoms with E-state index in [1.807, 2.05) is 0 Å². The van der Waals surface area contributed by atoms with Gasteiger partial charge in [0.2, 0.25) is 0 Å². The van der Waals surface area contributed by atoms with E-state index in [1.54, 1.807) is 0 Å². The van der Waals surface area contributed by atoms with E-state index >= 15 is 0 Å². The highest BCUT2D eigenvalue weighted by molar-refractivity contribution is 6.24. The molecule has 0 aliphatic heterocycles. The number of benzene rings is 13. The molecule has 0 heterocycles. The summed E-state index contributed by atoms with van der Waals surface area (Å²) in [6, 6.07) is 101. The van der Waals surface area contributed by atoms with Crippen molar-refractivity contribution in [1.82, 2.24) is 0 Å². The van der Waals surface area contributed by atoms with Gasteiger partial charge in [-0.3, -0.25) is 0 Å². The molecule has 0 aliphatic carbocycles. The number of para-hydroxylation sites is 2. The third-order valence-electron chi connectivity index (χ3n) is 14.1. The van der Waals surface area contributed by atoms with Crippen LogP contribution in [0.4, 0.5) is 34.1 Å². The molecule has 0 radical (unpaired) electrons. The molecular weight excluding hydrogens is 869 g/mol. The highest BCUT2D eigenvalue weighted by Crippen LogP contribution is 2.50. The largest absolute Gasteiger partial charge is 0.309 e. The summed E-state index contributed by atoms with van der Waals surface area (Å²) in [5, 5.41) is 12.1. The van der Waals surface area contributed by atoms with Crippen LogP contribution in [-0.2, 0) is 0 Å². The van der Waals surface area contributed by atoms with Crippen LogP contribution in [0.3, 0.4) is 0 Å². The Balaban J connectivity index is 0.859. The van der Waals surface area contributed by atoms with Crippen molar-refractivity contribution in [2.75, 3.05) is 9.80 Å². The molecule has 0 saturated carbocycles. The van der Waals surface area contributed by atoms with Gasteiger partial charge < -0.3 is 9.80 Å². The fraction of sp³-hybridized carbons (Fsp3) is 0. The average Bonchev–Trinajstić information content (AvgIpc) is 3.45. The lowest BCUT2D eigenvalue weighted by atomic mass is 9.90. The second-order valence-corrected chi connectivity index (χ2v) is 18.4. The van der Waals surface area contributed by atoms with Crippen molar-refractivity contribution in [2.45, 2.75) is 0 Å². The minimum absolute atomic E-state index is 1.10. The normalized spacial score (nSPS) is 11.6. The number of fused-ring (bicyclic) bond motifs is 5. The van der Waals surface area contributed by atoms with Gasteiger partial charge in [-0.1, -0.05) is 237 Å². The molecule has 0 spiro atoms. The zero-order chi connectivity index (χ0) is 47.8. The van der Waals surface area contributed by atoms with Crippen LogP contribution in [0, 0.1) is 0 Å². The number of rotatable bonds is 10. The highest BCUT2D eigenvalue weighted by atomic mass is 15.2. The first-order chi connectivity index (χ1) is 35.7. The van der Waals surface area contributed by atoms with Crippen LogP contribution in [0.15, 0.2) is 279 Å². The third-order valence-corrected chi connectivity index (χ3v) is 14.1. The molecule has 2 heteroatoms. The van der Waals surface area contributed by atoms with Crippen LogP contribution in [-0.4, -0.2) is 0 Å². The zero-order valence-electron chi connectivity index (χ0n) is 39.6. The van der Waals surface area contributed by atoms with Gasteiger partial charge in [0.1, 0.15) is 0 Å². The summed E-state index contributed by atoms with van der Waals surface area (Å²) >= 11 is 0. The van der Waals surface area contributed by atoms with Crippen molar-refractivity contribution in [3.05, 3.63) is 290 Å². The second-order valence-electron chi connectivity index (χ2n) is 18.4. The molecule has 0 atom stereocenters. The first kappa shape index (κ1) is 42.6. The molecule has 13 rings (SSSR count). The minimum atomic E-state index is 1.10. The molecule has 13 aromatic rings. The quantitative estimate of drug-likeness (QED) is 0.0996. The van der Waals surface area contributed by atoms with Crippen molar-refractivity contribution < 1.29 is 0 Å². The predicted molar refractivity (Wildman–Crippen MR) is 310 cm³/mol. The maximum Gasteiger partial charge on any atom is 0.0618 e. The lowest BCUT2D eigenvalue weighted by Gasteiger charge is -2.29. The van der Waals surface area contributed by atoms with Gasteiger partial charge in [-0.05, 0) is 120 Å².